The highest BCUT2D eigenvalue weighted by Gasteiger charge is 2.05. The van der Waals surface area contributed by atoms with Gasteiger partial charge in [-0.25, -0.2) is 9.97 Å². The molecule has 2 heterocycles. The molecule has 0 aliphatic carbocycles. The van der Waals surface area contributed by atoms with Crippen molar-refractivity contribution in [3.63, 3.8) is 0 Å². The van der Waals surface area contributed by atoms with Gasteiger partial charge in [0.05, 0.1) is 5.56 Å². The zero-order chi connectivity index (χ0) is 13.0. The van der Waals surface area contributed by atoms with Crippen LogP contribution in [0.25, 0.3) is 11.1 Å². The molecule has 3 N–H and O–H groups in total. The summed E-state index contributed by atoms with van der Waals surface area (Å²) in [7, 11) is 0. The van der Waals surface area contributed by atoms with Gasteiger partial charge in [-0.2, -0.15) is 0 Å². The summed E-state index contributed by atoms with van der Waals surface area (Å²) in [6.07, 6.45) is 6.41. The number of hydrogen-bond acceptors (Lipinski definition) is 5. The van der Waals surface area contributed by atoms with Gasteiger partial charge in [-0.3, -0.25) is 9.78 Å². The SMILES string of the molecule is CCNc1ncc(-c2cncc(C(N)=O)c2)cn1. The fourth-order valence-corrected chi connectivity index (χ4v) is 1.46. The van der Waals surface area contributed by atoms with Gasteiger partial charge in [-0.1, -0.05) is 0 Å². The normalized spacial score (nSPS) is 10.1. The Labute approximate surface area is 104 Å². The number of pyridine rings is 1. The Morgan fingerprint density at radius 1 is 1.22 bits per heavy atom. The zero-order valence-corrected chi connectivity index (χ0v) is 9.92. The van der Waals surface area contributed by atoms with Gasteiger partial charge in [0.2, 0.25) is 11.9 Å². The van der Waals surface area contributed by atoms with E-state index >= 15 is 0 Å². The Morgan fingerprint density at radius 2 is 1.94 bits per heavy atom. The minimum atomic E-state index is -0.505. The number of rotatable bonds is 4. The van der Waals surface area contributed by atoms with E-state index in [4.69, 9.17) is 5.73 Å². The molecule has 0 atom stereocenters. The van der Waals surface area contributed by atoms with Gasteiger partial charge in [0.25, 0.3) is 0 Å². The lowest BCUT2D eigenvalue weighted by molar-refractivity contribution is 0.1000. The lowest BCUT2D eigenvalue weighted by Crippen LogP contribution is -2.11. The number of nitrogens with one attached hydrogen (secondary N) is 1. The van der Waals surface area contributed by atoms with Crippen LogP contribution in [0.4, 0.5) is 5.95 Å². The molecule has 0 aromatic carbocycles. The van der Waals surface area contributed by atoms with Crippen LogP contribution in [0, 0.1) is 0 Å². The largest absolute Gasteiger partial charge is 0.366 e. The minimum Gasteiger partial charge on any atom is -0.366 e. The maximum atomic E-state index is 11.1. The number of anilines is 1. The number of carbonyl (C=O) groups is 1. The number of carbonyl (C=O) groups excluding carboxylic acids is 1. The van der Waals surface area contributed by atoms with Crippen LogP contribution in [0.1, 0.15) is 17.3 Å². The number of nitrogens with two attached hydrogens (primary N) is 1. The third-order valence-corrected chi connectivity index (χ3v) is 2.34. The molecule has 0 saturated carbocycles. The molecule has 0 spiro atoms. The lowest BCUT2D eigenvalue weighted by Gasteiger charge is -2.04. The van der Waals surface area contributed by atoms with Crippen LogP contribution in [0.2, 0.25) is 0 Å². The van der Waals surface area contributed by atoms with Crippen molar-refractivity contribution in [2.24, 2.45) is 5.73 Å². The number of amides is 1. The molecule has 0 fully saturated rings. The number of primary amides is 1. The average Bonchev–Trinajstić information content (AvgIpc) is 2.40. The average molecular weight is 243 g/mol. The Hall–Kier alpha value is -2.50. The Balaban J connectivity index is 2.30. The highest BCUT2D eigenvalue weighted by Crippen LogP contribution is 2.18. The summed E-state index contributed by atoms with van der Waals surface area (Å²) in [5.41, 5.74) is 7.11. The van der Waals surface area contributed by atoms with Crippen LogP contribution >= 0.6 is 0 Å². The van der Waals surface area contributed by atoms with E-state index in [0.717, 1.165) is 17.7 Å². The van der Waals surface area contributed by atoms with Crippen molar-refractivity contribution in [3.8, 4) is 11.1 Å². The standard InChI is InChI=1S/C12H13N5O/c1-2-15-12-16-6-10(7-17-12)8-3-9(11(13)18)5-14-4-8/h3-7H,2H2,1H3,(H2,13,18)(H,15,16,17). The van der Waals surface area contributed by atoms with Crippen molar-refractivity contribution in [1.29, 1.82) is 0 Å². The summed E-state index contributed by atoms with van der Waals surface area (Å²) in [5.74, 6) is 0.0646. The first-order valence-corrected chi connectivity index (χ1v) is 5.52. The molecule has 6 heteroatoms. The molecule has 2 aromatic heterocycles. The van der Waals surface area contributed by atoms with E-state index in [0.29, 0.717) is 11.5 Å². The summed E-state index contributed by atoms with van der Waals surface area (Å²) in [6, 6.07) is 1.67. The van der Waals surface area contributed by atoms with E-state index in [1.54, 1.807) is 24.7 Å². The van der Waals surface area contributed by atoms with Crippen LogP contribution in [-0.2, 0) is 0 Å². The number of nitrogens with zero attached hydrogens (tertiary/aromatic N) is 3. The Bertz CT molecular complexity index is 553. The molecule has 0 unspecified atom stereocenters. The second-order valence-corrected chi connectivity index (χ2v) is 3.65. The highest BCUT2D eigenvalue weighted by atomic mass is 16.1. The molecule has 0 bridgehead atoms. The van der Waals surface area contributed by atoms with Gasteiger partial charge < -0.3 is 11.1 Å². The van der Waals surface area contributed by atoms with Gasteiger partial charge in [-0.05, 0) is 13.0 Å². The van der Waals surface area contributed by atoms with Crippen LogP contribution in [0.15, 0.2) is 30.9 Å². The predicted molar refractivity (Wildman–Crippen MR) is 67.9 cm³/mol. The first kappa shape index (κ1) is 12.0. The molecule has 0 aliphatic heterocycles. The second-order valence-electron chi connectivity index (χ2n) is 3.65. The van der Waals surface area contributed by atoms with E-state index in [2.05, 4.69) is 20.3 Å². The van der Waals surface area contributed by atoms with E-state index in [-0.39, 0.29) is 0 Å². The van der Waals surface area contributed by atoms with Crippen LogP contribution in [0.5, 0.6) is 0 Å². The first-order valence-electron chi connectivity index (χ1n) is 5.52. The smallest absolute Gasteiger partial charge is 0.250 e. The van der Waals surface area contributed by atoms with Gasteiger partial charge in [-0.15, -0.1) is 0 Å². The van der Waals surface area contributed by atoms with E-state index in [9.17, 15) is 4.79 Å². The third-order valence-electron chi connectivity index (χ3n) is 2.34. The molecule has 1 amide bonds. The molecular formula is C12H13N5O. The molecule has 0 aliphatic rings. The molecule has 0 radical (unpaired) electrons. The van der Waals surface area contributed by atoms with Crippen LogP contribution in [0.3, 0.4) is 0 Å². The van der Waals surface area contributed by atoms with Crippen molar-refractivity contribution < 1.29 is 4.79 Å². The monoisotopic (exact) mass is 243 g/mol. The zero-order valence-electron chi connectivity index (χ0n) is 9.92. The van der Waals surface area contributed by atoms with E-state index in [1.165, 1.54) is 6.20 Å². The van der Waals surface area contributed by atoms with Gasteiger partial charge >= 0.3 is 0 Å². The summed E-state index contributed by atoms with van der Waals surface area (Å²) in [4.78, 5) is 23.3. The molecule has 0 saturated heterocycles. The number of hydrogen-bond donors (Lipinski definition) is 2. The molecule has 2 rings (SSSR count). The minimum absolute atomic E-state index is 0.364. The Morgan fingerprint density at radius 3 is 2.56 bits per heavy atom. The van der Waals surface area contributed by atoms with Gasteiger partial charge in [0.15, 0.2) is 0 Å². The molecule has 18 heavy (non-hydrogen) atoms. The second kappa shape index (κ2) is 5.22. The van der Waals surface area contributed by atoms with Crippen molar-refractivity contribution >= 4 is 11.9 Å². The predicted octanol–water partition coefficient (Wildman–Crippen LogP) is 1.07. The summed E-state index contributed by atoms with van der Waals surface area (Å²) < 4.78 is 0. The Kier molecular flexibility index (Phi) is 3.47. The summed E-state index contributed by atoms with van der Waals surface area (Å²) in [6.45, 7) is 2.73. The molecular weight excluding hydrogens is 230 g/mol. The summed E-state index contributed by atoms with van der Waals surface area (Å²) >= 11 is 0. The van der Waals surface area contributed by atoms with Gasteiger partial charge in [0.1, 0.15) is 0 Å². The van der Waals surface area contributed by atoms with Crippen molar-refractivity contribution in [2.45, 2.75) is 6.92 Å². The summed E-state index contributed by atoms with van der Waals surface area (Å²) in [5, 5.41) is 3.00. The van der Waals surface area contributed by atoms with Crippen molar-refractivity contribution in [3.05, 3.63) is 36.4 Å². The van der Waals surface area contributed by atoms with Crippen LogP contribution in [-0.4, -0.2) is 27.4 Å². The van der Waals surface area contributed by atoms with Gasteiger partial charge in [0, 0.05) is 42.5 Å². The highest BCUT2D eigenvalue weighted by molar-refractivity contribution is 5.93. The van der Waals surface area contributed by atoms with Crippen molar-refractivity contribution in [1.82, 2.24) is 15.0 Å². The fourth-order valence-electron chi connectivity index (χ4n) is 1.46. The van der Waals surface area contributed by atoms with Crippen molar-refractivity contribution in [2.75, 3.05) is 11.9 Å². The third kappa shape index (κ3) is 2.60. The number of aromatic nitrogens is 3. The first-order chi connectivity index (χ1) is 8.70. The van der Waals surface area contributed by atoms with E-state index in [1.807, 2.05) is 6.92 Å². The topological polar surface area (TPSA) is 93.8 Å². The quantitative estimate of drug-likeness (QED) is 0.837. The maximum absolute atomic E-state index is 11.1. The van der Waals surface area contributed by atoms with Crippen LogP contribution < -0.4 is 11.1 Å². The van der Waals surface area contributed by atoms with E-state index < -0.39 is 5.91 Å². The maximum Gasteiger partial charge on any atom is 0.250 e. The molecule has 2 aromatic rings. The molecule has 6 nitrogen and oxygen atoms in total. The fraction of sp³-hybridized carbons (Fsp3) is 0.167. The lowest BCUT2D eigenvalue weighted by atomic mass is 10.1. The molecule has 92 valence electrons.